The lowest BCUT2D eigenvalue weighted by atomic mass is 10.1. The zero-order chi connectivity index (χ0) is 22.0. The molecule has 2 aromatic heterocycles. The first-order valence-electron chi connectivity index (χ1n) is 10.7. The summed E-state index contributed by atoms with van der Waals surface area (Å²) in [5.74, 6) is 0.480. The molecule has 4 rings (SSSR count). The van der Waals surface area contributed by atoms with Crippen molar-refractivity contribution < 1.29 is 9.84 Å². The van der Waals surface area contributed by atoms with Crippen LogP contribution in [0.2, 0.25) is 5.02 Å². The van der Waals surface area contributed by atoms with Gasteiger partial charge < -0.3 is 9.84 Å². The van der Waals surface area contributed by atoms with Crippen LogP contribution >= 0.6 is 11.6 Å². The highest BCUT2D eigenvalue weighted by Crippen LogP contribution is 2.27. The molecule has 0 unspecified atom stereocenters. The Kier molecular flexibility index (Phi) is 6.48. The van der Waals surface area contributed by atoms with Gasteiger partial charge in [-0.15, -0.1) is 0 Å². The van der Waals surface area contributed by atoms with Gasteiger partial charge in [-0.1, -0.05) is 36.6 Å². The van der Waals surface area contributed by atoms with E-state index in [1.165, 1.54) is 17.4 Å². The number of hydrogen-bond donors (Lipinski definition) is 1. The van der Waals surface area contributed by atoms with Gasteiger partial charge in [-0.05, 0) is 42.9 Å². The molecule has 1 aliphatic carbocycles. The van der Waals surface area contributed by atoms with E-state index >= 15 is 0 Å². The van der Waals surface area contributed by atoms with E-state index in [9.17, 15) is 9.59 Å². The normalized spacial score (nSPS) is 14.5. The molecule has 8 nitrogen and oxygen atoms in total. The fourth-order valence-electron chi connectivity index (χ4n) is 4.18. The van der Waals surface area contributed by atoms with Crippen molar-refractivity contribution in [2.45, 2.75) is 45.2 Å². The van der Waals surface area contributed by atoms with Gasteiger partial charge in [-0.2, -0.15) is 4.98 Å². The number of ether oxygens (including phenoxy) is 1. The summed E-state index contributed by atoms with van der Waals surface area (Å²) in [6.45, 7) is 0.938. The number of hydrogen-bond acceptors (Lipinski definition) is 5. The minimum Gasteiger partial charge on any atom is -0.464 e. The standard InChI is InChI=1S/C22H27ClN4O4/c1-25-19-18(20(29)26(22(25)30)11-4-12-28)27(13-15-7-9-17(23)10-8-15)21(24-19)31-14-16-5-2-3-6-16/h7-10,16,28H,2-6,11-14H2,1H3. The molecule has 1 N–H and O–H groups in total. The van der Waals surface area contributed by atoms with Gasteiger partial charge in [0, 0.05) is 25.2 Å². The molecule has 0 saturated heterocycles. The maximum Gasteiger partial charge on any atom is 0.332 e. The molecule has 0 radical (unpaired) electrons. The maximum absolute atomic E-state index is 13.3. The number of aliphatic hydroxyl groups excluding tert-OH is 1. The van der Waals surface area contributed by atoms with E-state index in [4.69, 9.17) is 21.4 Å². The van der Waals surface area contributed by atoms with Crippen molar-refractivity contribution in [1.29, 1.82) is 0 Å². The first kappa shape index (κ1) is 21.6. The molecule has 0 atom stereocenters. The Balaban J connectivity index is 1.82. The maximum atomic E-state index is 13.3. The predicted molar refractivity (Wildman–Crippen MR) is 119 cm³/mol. The number of benzene rings is 1. The van der Waals surface area contributed by atoms with Gasteiger partial charge in [0.25, 0.3) is 11.6 Å². The van der Waals surface area contributed by atoms with Crippen molar-refractivity contribution >= 4 is 22.8 Å². The first-order valence-corrected chi connectivity index (χ1v) is 11.1. The van der Waals surface area contributed by atoms with Crippen molar-refractivity contribution in [2.75, 3.05) is 13.2 Å². The van der Waals surface area contributed by atoms with Gasteiger partial charge >= 0.3 is 5.69 Å². The SMILES string of the molecule is Cn1c(=O)n(CCCO)c(=O)c2c1nc(OCC1CCCC1)n2Cc1ccc(Cl)cc1. The van der Waals surface area contributed by atoms with Gasteiger partial charge in [0.05, 0.1) is 13.2 Å². The minimum absolute atomic E-state index is 0.104. The molecule has 1 aliphatic rings. The molecule has 0 aliphatic heterocycles. The molecule has 9 heteroatoms. The number of imidazole rings is 1. The Labute approximate surface area is 184 Å². The number of aliphatic hydroxyl groups is 1. The molecule has 3 aromatic rings. The summed E-state index contributed by atoms with van der Waals surface area (Å²) in [7, 11) is 1.60. The van der Waals surface area contributed by atoms with Crippen LogP contribution in [-0.4, -0.2) is 37.0 Å². The predicted octanol–water partition coefficient (Wildman–Crippen LogP) is 2.55. The quantitative estimate of drug-likeness (QED) is 0.574. The van der Waals surface area contributed by atoms with Crippen LogP contribution in [0.25, 0.3) is 11.2 Å². The molecule has 31 heavy (non-hydrogen) atoms. The molecule has 1 fully saturated rings. The molecule has 166 valence electrons. The smallest absolute Gasteiger partial charge is 0.332 e. The van der Waals surface area contributed by atoms with E-state index < -0.39 is 11.2 Å². The van der Waals surface area contributed by atoms with E-state index in [1.807, 2.05) is 12.1 Å². The topological polar surface area (TPSA) is 91.3 Å². The van der Waals surface area contributed by atoms with Crippen LogP contribution in [0.5, 0.6) is 6.01 Å². The van der Waals surface area contributed by atoms with Crippen LogP contribution in [-0.2, 0) is 20.1 Å². The van der Waals surface area contributed by atoms with Crippen molar-refractivity contribution in [1.82, 2.24) is 18.7 Å². The lowest BCUT2D eigenvalue weighted by Gasteiger charge is -2.13. The summed E-state index contributed by atoms with van der Waals surface area (Å²) in [4.78, 5) is 30.6. The molecular weight excluding hydrogens is 420 g/mol. The molecule has 1 aromatic carbocycles. The fourth-order valence-corrected chi connectivity index (χ4v) is 4.30. The summed E-state index contributed by atoms with van der Waals surface area (Å²) in [5.41, 5.74) is 0.666. The molecule has 2 heterocycles. The Hall–Kier alpha value is -2.58. The largest absolute Gasteiger partial charge is 0.464 e. The number of aryl methyl sites for hydroxylation is 1. The fraction of sp³-hybridized carbons (Fsp3) is 0.500. The summed E-state index contributed by atoms with van der Waals surface area (Å²) in [5, 5.41) is 9.80. The highest BCUT2D eigenvalue weighted by Gasteiger charge is 2.23. The number of halogens is 1. The Morgan fingerprint density at radius 1 is 1.16 bits per heavy atom. The Morgan fingerprint density at radius 3 is 2.55 bits per heavy atom. The van der Waals surface area contributed by atoms with Crippen LogP contribution in [0.3, 0.4) is 0 Å². The highest BCUT2D eigenvalue weighted by molar-refractivity contribution is 6.30. The monoisotopic (exact) mass is 446 g/mol. The number of aromatic nitrogens is 4. The minimum atomic E-state index is -0.454. The van der Waals surface area contributed by atoms with Crippen LogP contribution in [0.4, 0.5) is 0 Å². The summed E-state index contributed by atoms with van der Waals surface area (Å²) in [6, 6.07) is 7.71. The Bertz CT molecular complexity index is 1170. The van der Waals surface area contributed by atoms with E-state index in [0.29, 0.717) is 47.7 Å². The van der Waals surface area contributed by atoms with Gasteiger partial charge in [0.15, 0.2) is 11.2 Å². The van der Waals surface area contributed by atoms with Crippen LogP contribution in [0, 0.1) is 5.92 Å². The van der Waals surface area contributed by atoms with Crippen LogP contribution < -0.4 is 16.0 Å². The number of fused-ring (bicyclic) bond motifs is 1. The van der Waals surface area contributed by atoms with Gasteiger partial charge in [0.1, 0.15) is 0 Å². The van der Waals surface area contributed by atoms with E-state index in [2.05, 4.69) is 4.98 Å². The lowest BCUT2D eigenvalue weighted by molar-refractivity contribution is 0.227. The molecule has 0 amide bonds. The molecular formula is C22H27ClN4O4. The first-order chi connectivity index (χ1) is 15.0. The lowest BCUT2D eigenvalue weighted by Crippen LogP contribution is -2.39. The van der Waals surface area contributed by atoms with Gasteiger partial charge in [-0.25, -0.2) is 4.79 Å². The van der Waals surface area contributed by atoms with Crippen LogP contribution in [0.15, 0.2) is 33.9 Å². The average Bonchev–Trinajstić information content (AvgIpc) is 3.40. The Morgan fingerprint density at radius 2 is 1.87 bits per heavy atom. The summed E-state index contributed by atoms with van der Waals surface area (Å²) < 4.78 is 10.4. The number of rotatable bonds is 8. The van der Waals surface area contributed by atoms with Crippen molar-refractivity contribution in [3.63, 3.8) is 0 Å². The van der Waals surface area contributed by atoms with E-state index in [1.54, 1.807) is 23.7 Å². The second-order valence-electron chi connectivity index (χ2n) is 8.12. The second-order valence-corrected chi connectivity index (χ2v) is 8.55. The average molecular weight is 447 g/mol. The zero-order valence-corrected chi connectivity index (χ0v) is 18.3. The van der Waals surface area contributed by atoms with Crippen molar-refractivity contribution in [3.05, 3.63) is 55.7 Å². The third-order valence-corrected chi connectivity index (χ3v) is 6.17. The summed E-state index contributed by atoms with van der Waals surface area (Å²) >= 11 is 6.02. The van der Waals surface area contributed by atoms with Gasteiger partial charge in [0.2, 0.25) is 0 Å². The van der Waals surface area contributed by atoms with Crippen molar-refractivity contribution in [2.24, 2.45) is 13.0 Å². The second kappa shape index (κ2) is 9.28. The van der Waals surface area contributed by atoms with Gasteiger partial charge in [-0.3, -0.25) is 18.5 Å². The van der Waals surface area contributed by atoms with Crippen molar-refractivity contribution in [3.8, 4) is 6.01 Å². The molecule has 0 bridgehead atoms. The molecule has 1 saturated carbocycles. The molecule has 0 spiro atoms. The van der Waals surface area contributed by atoms with E-state index in [0.717, 1.165) is 23.0 Å². The third kappa shape index (κ3) is 4.41. The zero-order valence-electron chi connectivity index (χ0n) is 17.6. The third-order valence-electron chi connectivity index (χ3n) is 5.91. The number of nitrogens with zero attached hydrogens (tertiary/aromatic N) is 4. The van der Waals surface area contributed by atoms with E-state index in [-0.39, 0.29) is 13.2 Å². The van der Waals surface area contributed by atoms with Crippen LogP contribution in [0.1, 0.15) is 37.7 Å². The highest BCUT2D eigenvalue weighted by atomic mass is 35.5. The summed E-state index contributed by atoms with van der Waals surface area (Å²) in [6.07, 6.45) is 4.99.